The molecule has 0 fully saturated rings. The number of carbonyl (C=O) groups excluding carboxylic acids is 1. The molecule has 2 rings (SSSR count). The highest BCUT2D eigenvalue weighted by Gasteiger charge is 2.14. The van der Waals surface area contributed by atoms with Gasteiger partial charge in [0.15, 0.2) is 0 Å². The number of hydrogen-bond donors (Lipinski definition) is 2. The van der Waals surface area contributed by atoms with Crippen LogP contribution in [0.4, 0.5) is 17.2 Å². The molecule has 3 N–H and O–H groups in total. The summed E-state index contributed by atoms with van der Waals surface area (Å²) in [5.74, 6) is 0.671. The van der Waals surface area contributed by atoms with Crippen LogP contribution in [0.2, 0.25) is 0 Å². The number of hydrogen-bond acceptors (Lipinski definition) is 6. The van der Waals surface area contributed by atoms with Gasteiger partial charge in [-0.05, 0) is 37.3 Å². The van der Waals surface area contributed by atoms with Crippen molar-refractivity contribution in [3.63, 3.8) is 0 Å². The van der Waals surface area contributed by atoms with Crippen LogP contribution in [-0.4, -0.2) is 24.7 Å². The molecular weight excluding hydrogens is 270 g/mol. The number of rotatable bonds is 5. The molecule has 0 saturated heterocycles. The first-order valence-corrected chi connectivity index (χ1v) is 6.47. The van der Waals surface area contributed by atoms with E-state index in [0.717, 1.165) is 11.4 Å². The third kappa shape index (κ3) is 3.62. The van der Waals surface area contributed by atoms with E-state index in [2.05, 4.69) is 10.3 Å². The van der Waals surface area contributed by atoms with E-state index in [0.29, 0.717) is 18.1 Å². The summed E-state index contributed by atoms with van der Waals surface area (Å²) in [5.41, 5.74) is 7.11. The molecule has 1 aromatic carbocycles. The summed E-state index contributed by atoms with van der Waals surface area (Å²) in [6, 6.07) is 8.87. The number of ether oxygens (including phenoxy) is 2. The smallest absolute Gasteiger partial charge is 0.341 e. The maximum atomic E-state index is 11.7. The molecule has 0 aliphatic carbocycles. The standard InChI is InChI=1S/C15H17N3O3/c1-3-21-12-6-4-11(5-7-12)18-14-13(15(19)20-2)8-10(16)9-17-14/h4-9H,3,16H2,1-2H3,(H,17,18). The van der Waals surface area contributed by atoms with E-state index < -0.39 is 5.97 Å². The molecule has 6 nitrogen and oxygen atoms in total. The van der Waals surface area contributed by atoms with Crippen LogP contribution >= 0.6 is 0 Å². The molecule has 0 aliphatic rings. The number of nitrogens with one attached hydrogen (secondary N) is 1. The lowest BCUT2D eigenvalue weighted by molar-refractivity contribution is 0.0601. The second kappa shape index (κ2) is 6.60. The lowest BCUT2D eigenvalue weighted by Gasteiger charge is -2.11. The van der Waals surface area contributed by atoms with Crippen molar-refractivity contribution in [2.24, 2.45) is 0 Å². The van der Waals surface area contributed by atoms with E-state index >= 15 is 0 Å². The second-order valence-electron chi connectivity index (χ2n) is 4.24. The van der Waals surface area contributed by atoms with Crippen molar-refractivity contribution in [3.05, 3.63) is 42.1 Å². The first-order valence-electron chi connectivity index (χ1n) is 6.47. The van der Waals surface area contributed by atoms with Gasteiger partial charge in [-0.2, -0.15) is 0 Å². The Morgan fingerprint density at radius 3 is 2.67 bits per heavy atom. The highest BCUT2D eigenvalue weighted by Crippen LogP contribution is 2.23. The van der Waals surface area contributed by atoms with Crippen LogP contribution in [-0.2, 0) is 4.74 Å². The Balaban J connectivity index is 2.24. The first kappa shape index (κ1) is 14.6. The van der Waals surface area contributed by atoms with Crippen LogP contribution in [0.3, 0.4) is 0 Å². The Morgan fingerprint density at radius 1 is 1.33 bits per heavy atom. The summed E-state index contributed by atoms with van der Waals surface area (Å²) < 4.78 is 10.1. The summed E-state index contributed by atoms with van der Waals surface area (Å²) in [6.07, 6.45) is 1.48. The predicted molar refractivity (Wildman–Crippen MR) is 80.9 cm³/mol. The molecule has 110 valence electrons. The fourth-order valence-corrected chi connectivity index (χ4v) is 1.78. The van der Waals surface area contributed by atoms with Crippen LogP contribution in [0.25, 0.3) is 0 Å². The van der Waals surface area contributed by atoms with Gasteiger partial charge in [0.25, 0.3) is 0 Å². The number of esters is 1. The van der Waals surface area contributed by atoms with Gasteiger partial charge in [0.05, 0.1) is 25.6 Å². The van der Waals surface area contributed by atoms with Crippen molar-refractivity contribution < 1.29 is 14.3 Å². The summed E-state index contributed by atoms with van der Waals surface area (Å²) in [5, 5.41) is 3.06. The normalized spacial score (nSPS) is 10.0. The number of nitrogens with two attached hydrogens (primary N) is 1. The molecule has 0 bridgehead atoms. The second-order valence-corrected chi connectivity index (χ2v) is 4.24. The molecule has 1 heterocycles. The Morgan fingerprint density at radius 2 is 2.05 bits per heavy atom. The minimum absolute atomic E-state index is 0.284. The van der Waals surface area contributed by atoms with Gasteiger partial charge in [0.1, 0.15) is 17.1 Å². The fourth-order valence-electron chi connectivity index (χ4n) is 1.78. The van der Waals surface area contributed by atoms with E-state index in [1.165, 1.54) is 19.4 Å². The molecule has 0 saturated carbocycles. The van der Waals surface area contributed by atoms with Crippen LogP contribution in [0.1, 0.15) is 17.3 Å². The molecule has 0 unspecified atom stereocenters. The third-order valence-corrected chi connectivity index (χ3v) is 2.74. The number of pyridine rings is 1. The molecule has 0 atom stereocenters. The summed E-state index contributed by atoms with van der Waals surface area (Å²) in [4.78, 5) is 15.9. The molecule has 2 aromatic rings. The number of carbonyl (C=O) groups is 1. The molecule has 0 spiro atoms. The van der Waals surface area contributed by atoms with Gasteiger partial charge in [0.2, 0.25) is 0 Å². The minimum Gasteiger partial charge on any atom is -0.494 e. The van der Waals surface area contributed by atoms with Crippen molar-refractivity contribution in [2.45, 2.75) is 6.92 Å². The van der Waals surface area contributed by atoms with Gasteiger partial charge in [0, 0.05) is 5.69 Å². The van der Waals surface area contributed by atoms with Crippen molar-refractivity contribution in [2.75, 3.05) is 24.8 Å². The van der Waals surface area contributed by atoms with Gasteiger partial charge in [-0.25, -0.2) is 9.78 Å². The molecular formula is C15H17N3O3. The third-order valence-electron chi connectivity index (χ3n) is 2.74. The zero-order valence-corrected chi connectivity index (χ0v) is 11.9. The summed E-state index contributed by atoms with van der Waals surface area (Å²) in [7, 11) is 1.31. The SMILES string of the molecule is CCOc1ccc(Nc2ncc(N)cc2C(=O)OC)cc1. The largest absolute Gasteiger partial charge is 0.494 e. The Labute approximate surface area is 122 Å². The Bertz CT molecular complexity index is 627. The number of aromatic nitrogens is 1. The van der Waals surface area contributed by atoms with E-state index in [-0.39, 0.29) is 5.56 Å². The van der Waals surface area contributed by atoms with Crippen LogP contribution in [0.5, 0.6) is 5.75 Å². The van der Waals surface area contributed by atoms with E-state index in [1.54, 1.807) is 0 Å². The van der Waals surface area contributed by atoms with Crippen LogP contribution in [0, 0.1) is 0 Å². The Hall–Kier alpha value is -2.76. The highest BCUT2D eigenvalue weighted by atomic mass is 16.5. The van der Waals surface area contributed by atoms with Gasteiger partial charge in [-0.1, -0.05) is 0 Å². The van der Waals surface area contributed by atoms with Crippen molar-refractivity contribution in [1.29, 1.82) is 0 Å². The van der Waals surface area contributed by atoms with E-state index in [4.69, 9.17) is 15.2 Å². The molecule has 1 aromatic heterocycles. The average Bonchev–Trinajstić information content (AvgIpc) is 2.50. The van der Waals surface area contributed by atoms with Crippen molar-refractivity contribution in [1.82, 2.24) is 4.98 Å². The zero-order valence-electron chi connectivity index (χ0n) is 11.9. The van der Waals surface area contributed by atoms with Crippen LogP contribution < -0.4 is 15.8 Å². The maximum absolute atomic E-state index is 11.7. The Kier molecular flexibility index (Phi) is 4.61. The van der Waals surface area contributed by atoms with E-state index in [9.17, 15) is 4.79 Å². The average molecular weight is 287 g/mol. The quantitative estimate of drug-likeness (QED) is 0.822. The monoisotopic (exact) mass is 287 g/mol. The fraction of sp³-hybridized carbons (Fsp3) is 0.200. The van der Waals surface area contributed by atoms with Gasteiger partial charge in [-0.15, -0.1) is 0 Å². The van der Waals surface area contributed by atoms with Crippen molar-refractivity contribution >= 4 is 23.2 Å². The highest BCUT2D eigenvalue weighted by molar-refractivity contribution is 5.96. The maximum Gasteiger partial charge on any atom is 0.341 e. The number of anilines is 3. The summed E-state index contributed by atoms with van der Waals surface area (Å²) >= 11 is 0. The zero-order chi connectivity index (χ0) is 15.2. The molecule has 0 radical (unpaired) electrons. The molecule has 6 heteroatoms. The minimum atomic E-state index is -0.497. The molecule has 0 aliphatic heterocycles. The van der Waals surface area contributed by atoms with Gasteiger partial charge >= 0.3 is 5.97 Å². The van der Waals surface area contributed by atoms with Crippen LogP contribution in [0.15, 0.2) is 36.5 Å². The predicted octanol–water partition coefficient (Wildman–Crippen LogP) is 2.59. The number of nitrogen functional groups attached to an aromatic ring is 1. The van der Waals surface area contributed by atoms with Crippen molar-refractivity contribution in [3.8, 4) is 5.75 Å². The van der Waals surface area contributed by atoms with Gasteiger partial charge in [-0.3, -0.25) is 0 Å². The number of nitrogens with zero attached hydrogens (tertiary/aromatic N) is 1. The number of methoxy groups -OCH3 is 1. The lowest BCUT2D eigenvalue weighted by atomic mass is 10.2. The van der Waals surface area contributed by atoms with E-state index in [1.807, 2.05) is 31.2 Å². The summed E-state index contributed by atoms with van der Waals surface area (Å²) in [6.45, 7) is 2.53. The topological polar surface area (TPSA) is 86.5 Å². The first-order chi connectivity index (χ1) is 10.1. The lowest BCUT2D eigenvalue weighted by Crippen LogP contribution is -2.08. The molecule has 21 heavy (non-hydrogen) atoms. The molecule has 0 amide bonds. The van der Waals surface area contributed by atoms with Gasteiger partial charge < -0.3 is 20.5 Å². The number of benzene rings is 1.